The molecule has 6 heteroatoms. The molecule has 1 aliphatic rings. The Morgan fingerprint density at radius 3 is 2.35 bits per heavy atom. The van der Waals surface area contributed by atoms with Crippen molar-refractivity contribution >= 4 is 41.3 Å². The minimum absolute atomic E-state index is 0. The van der Waals surface area contributed by atoms with Crippen molar-refractivity contribution < 1.29 is 5.11 Å². The monoisotopic (exact) mass is 296 g/mol. The first-order valence-electron chi connectivity index (χ1n) is 5.24. The average Bonchev–Trinajstić information content (AvgIpc) is 3.05. The van der Waals surface area contributed by atoms with Crippen molar-refractivity contribution in [2.24, 2.45) is 0 Å². The molecule has 1 fully saturated rings. The van der Waals surface area contributed by atoms with Gasteiger partial charge in [-0.15, -0.1) is 12.4 Å². The topological polar surface area (TPSA) is 58.3 Å². The van der Waals surface area contributed by atoms with Gasteiger partial charge < -0.3 is 16.2 Å². The van der Waals surface area contributed by atoms with E-state index in [-0.39, 0.29) is 12.4 Å². The molecule has 0 aromatic heterocycles. The van der Waals surface area contributed by atoms with Crippen LogP contribution in [0.3, 0.4) is 0 Å². The maximum absolute atomic E-state index is 9.92. The van der Waals surface area contributed by atoms with Crippen LogP contribution in [0.4, 0.5) is 5.69 Å². The summed E-state index contributed by atoms with van der Waals surface area (Å²) in [6, 6.07) is 3.87. The smallest absolute Gasteiger partial charge is 0.0915 e. The second kappa shape index (κ2) is 6.12. The zero-order valence-electron chi connectivity index (χ0n) is 9.12. The van der Waals surface area contributed by atoms with Crippen molar-refractivity contribution in [1.82, 2.24) is 5.32 Å². The van der Waals surface area contributed by atoms with E-state index in [0.717, 1.165) is 0 Å². The molecule has 1 unspecified atom stereocenters. The lowest BCUT2D eigenvalue weighted by molar-refractivity contribution is 0.174. The number of benzene rings is 1. The lowest BCUT2D eigenvalue weighted by Crippen LogP contribution is -2.23. The van der Waals surface area contributed by atoms with Gasteiger partial charge in [0.1, 0.15) is 0 Å². The van der Waals surface area contributed by atoms with Crippen molar-refractivity contribution in [1.29, 1.82) is 0 Å². The van der Waals surface area contributed by atoms with Gasteiger partial charge in [-0.25, -0.2) is 0 Å². The van der Waals surface area contributed by atoms with E-state index in [1.165, 1.54) is 12.8 Å². The number of halogens is 3. The summed E-state index contributed by atoms with van der Waals surface area (Å²) in [5, 5.41) is 13.9. The summed E-state index contributed by atoms with van der Waals surface area (Å²) in [7, 11) is 0. The van der Waals surface area contributed by atoms with Gasteiger partial charge in [0.05, 0.1) is 21.8 Å². The molecule has 3 nitrogen and oxygen atoms in total. The van der Waals surface area contributed by atoms with E-state index in [0.29, 0.717) is 33.9 Å². The number of hydrogen-bond donors (Lipinski definition) is 3. The summed E-state index contributed by atoms with van der Waals surface area (Å²) < 4.78 is 0. The van der Waals surface area contributed by atoms with Crippen LogP contribution in [0.15, 0.2) is 12.1 Å². The fraction of sp³-hybridized carbons (Fsp3) is 0.455. The molecule has 0 saturated heterocycles. The summed E-state index contributed by atoms with van der Waals surface area (Å²) in [6.07, 6.45) is 1.78. The van der Waals surface area contributed by atoms with Crippen molar-refractivity contribution in [3.63, 3.8) is 0 Å². The normalized spacial score (nSPS) is 16.4. The molecule has 1 saturated carbocycles. The van der Waals surface area contributed by atoms with Crippen molar-refractivity contribution in [2.45, 2.75) is 25.0 Å². The Labute approximate surface area is 117 Å². The molecule has 96 valence electrons. The van der Waals surface area contributed by atoms with E-state index in [2.05, 4.69) is 5.32 Å². The molecule has 1 atom stereocenters. The van der Waals surface area contributed by atoms with Crippen molar-refractivity contribution in [3.05, 3.63) is 27.7 Å². The number of hydrogen-bond acceptors (Lipinski definition) is 3. The van der Waals surface area contributed by atoms with E-state index in [4.69, 9.17) is 28.9 Å². The Kier molecular flexibility index (Phi) is 5.35. The number of aliphatic hydroxyl groups is 1. The third-order valence-corrected chi connectivity index (χ3v) is 3.29. The van der Waals surface area contributed by atoms with E-state index < -0.39 is 6.10 Å². The molecule has 1 aromatic carbocycles. The second-order valence-electron chi connectivity index (χ2n) is 4.10. The highest BCUT2D eigenvalue weighted by Gasteiger charge is 2.22. The molecular formula is C11H15Cl3N2O. The third kappa shape index (κ3) is 3.90. The predicted molar refractivity (Wildman–Crippen MR) is 74.1 cm³/mol. The number of rotatable bonds is 4. The van der Waals surface area contributed by atoms with Crippen molar-refractivity contribution in [3.8, 4) is 0 Å². The lowest BCUT2D eigenvalue weighted by atomic mass is 10.1. The zero-order chi connectivity index (χ0) is 11.7. The van der Waals surface area contributed by atoms with Crippen LogP contribution in [-0.2, 0) is 0 Å². The van der Waals surface area contributed by atoms with Crippen LogP contribution in [-0.4, -0.2) is 17.7 Å². The number of nitrogen functional groups attached to an aromatic ring is 1. The lowest BCUT2D eigenvalue weighted by Gasteiger charge is -2.13. The van der Waals surface area contributed by atoms with Gasteiger partial charge in [0.2, 0.25) is 0 Å². The Bertz CT molecular complexity index is 373. The molecule has 4 N–H and O–H groups in total. The maximum Gasteiger partial charge on any atom is 0.0915 e. The quantitative estimate of drug-likeness (QED) is 0.749. The zero-order valence-corrected chi connectivity index (χ0v) is 11.4. The molecule has 0 aliphatic heterocycles. The first kappa shape index (κ1) is 14.9. The molecule has 1 aromatic rings. The second-order valence-corrected chi connectivity index (χ2v) is 4.91. The maximum atomic E-state index is 9.92. The Hall–Kier alpha value is -0.190. The van der Waals surface area contributed by atoms with Gasteiger partial charge in [0.25, 0.3) is 0 Å². The van der Waals surface area contributed by atoms with E-state index in [1.807, 2.05) is 0 Å². The first-order valence-corrected chi connectivity index (χ1v) is 5.99. The molecule has 0 amide bonds. The highest BCUT2D eigenvalue weighted by atomic mass is 35.5. The van der Waals surface area contributed by atoms with E-state index in [1.54, 1.807) is 12.1 Å². The van der Waals surface area contributed by atoms with E-state index in [9.17, 15) is 5.11 Å². The average molecular weight is 298 g/mol. The highest BCUT2D eigenvalue weighted by Crippen LogP contribution is 2.31. The minimum atomic E-state index is -0.601. The number of anilines is 1. The summed E-state index contributed by atoms with van der Waals surface area (Å²) in [5.41, 5.74) is 6.67. The Morgan fingerprint density at radius 1 is 1.35 bits per heavy atom. The molecule has 0 spiro atoms. The number of aliphatic hydroxyl groups excluding tert-OH is 1. The molecule has 0 heterocycles. The predicted octanol–water partition coefficient (Wildman–Crippen LogP) is 2.78. The van der Waals surface area contributed by atoms with Gasteiger partial charge >= 0.3 is 0 Å². The number of nitrogens with one attached hydrogen (secondary N) is 1. The van der Waals surface area contributed by atoms with E-state index >= 15 is 0 Å². The highest BCUT2D eigenvalue weighted by molar-refractivity contribution is 6.38. The summed E-state index contributed by atoms with van der Waals surface area (Å²) in [5.74, 6) is 0. The molecule has 2 rings (SSSR count). The molecular weight excluding hydrogens is 282 g/mol. The van der Waals surface area contributed by atoms with Gasteiger partial charge in [0.15, 0.2) is 0 Å². The van der Waals surface area contributed by atoms with Crippen LogP contribution >= 0.6 is 35.6 Å². The van der Waals surface area contributed by atoms with Crippen LogP contribution in [0, 0.1) is 0 Å². The summed E-state index contributed by atoms with van der Waals surface area (Å²) in [4.78, 5) is 0. The largest absolute Gasteiger partial charge is 0.396 e. The Balaban J connectivity index is 0.00000144. The standard InChI is InChI=1S/C11H14Cl2N2O.ClH/c12-8-3-6(4-9(13)11(8)14)10(16)5-15-7-1-2-7;/h3-4,7,10,15-16H,1-2,5,14H2;1H. The molecule has 0 radical (unpaired) electrons. The number of nitrogens with two attached hydrogens (primary N) is 1. The molecule has 1 aliphatic carbocycles. The van der Waals surface area contributed by atoms with Gasteiger partial charge in [-0.2, -0.15) is 0 Å². The van der Waals surface area contributed by atoms with Crippen LogP contribution in [0.25, 0.3) is 0 Å². The first-order chi connectivity index (χ1) is 7.58. The van der Waals surface area contributed by atoms with Gasteiger partial charge in [-0.1, -0.05) is 23.2 Å². The SMILES string of the molecule is Cl.Nc1c(Cl)cc(C(O)CNC2CC2)cc1Cl. The fourth-order valence-corrected chi connectivity index (χ4v) is 1.98. The third-order valence-electron chi connectivity index (χ3n) is 2.66. The van der Waals surface area contributed by atoms with Crippen LogP contribution in [0.5, 0.6) is 0 Å². The minimum Gasteiger partial charge on any atom is -0.396 e. The van der Waals surface area contributed by atoms with Crippen molar-refractivity contribution in [2.75, 3.05) is 12.3 Å². The van der Waals surface area contributed by atoms with Gasteiger partial charge in [0, 0.05) is 12.6 Å². The van der Waals surface area contributed by atoms with Gasteiger partial charge in [-0.3, -0.25) is 0 Å². The van der Waals surface area contributed by atoms with Gasteiger partial charge in [-0.05, 0) is 30.5 Å². The molecule has 17 heavy (non-hydrogen) atoms. The molecule has 0 bridgehead atoms. The van der Waals surface area contributed by atoms with Crippen LogP contribution < -0.4 is 11.1 Å². The summed E-state index contributed by atoms with van der Waals surface area (Å²) in [6.45, 7) is 0.515. The Morgan fingerprint density at radius 2 is 1.88 bits per heavy atom. The summed E-state index contributed by atoms with van der Waals surface area (Å²) >= 11 is 11.8. The van der Waals surface area contributed by atoms with Crippen LogP contribution in [0.2, 0.25) is 10.0 Å². The fourth-order valence-electron chi connectivity index (χ4n) is 1.48. The van der Waals surface area contributed by atoms with Crippen LogP contribution in [0.1, 0.15) is 24.5 Å².